The summed E-state index contributed by atoms with van der Waals surface area (Å²) < 4.78 is 0. The molecule has 0 amide bonds. The van der Waals surface area contributed by atoms with Crippen molar-refractivity contribution in [2.45, 2.75) is 0 Å². The van der Waals surface area contributed by atoms with E-state index in [0.29, 0.717) is 0 Å². The standard InChI is InChI=1S/8Li.6O.Sn/q8*+1;6*-2;+4. The van der Waals surface area contributed by atoms with Crippen molar-refractivity contribution >= 4 is 23.9 Å². The van der Waals surface area contributed by atoms with E-state index < -0.39 is 0 Å². The van der Waals surface area contributed by atoms with Crippen LogP contribution in [0.1, 0.15) is 0 Å². The first-order chi connectivity index (χ1) is 0. The molecule has 0 rings (SSSR count). The fraction of sp³-hybridized carbons (Fsp3) is 0. The molecule has 0 aliphatic heterocycles. The molecule has 0 aromatic heterocycles. The molecule has 0 bridgehead atoms. The molecule has 0 atom stereocenters. The molecule has 0 radical (unpaired) electrons. The molecule has 0 fully saturated rings. The Hall–Kier alpha value is 5.34. The van der Waals surface area contributed by atoms with Crippen molar-refractivity contribution < 1.29 is 184 Å². The fourth-order valence-electron chi connectivity index (χ4n) is 0. The van der Waals surface area contributed by atoms with Gasteiger partial charge in [-0.25, -0.2) is 0 Å². The van der Waals surface area contributed by atoms with Gasteiger partial charge in [-0.1, -0.05) is 0 Å². The normalized spacial score (nSPS) is 0. The first-order valence-corrected chi connectivity index (χ1v) is 0. The second-order valence-corrected chi connectivity index (χ2v) is 0. The number of rotatable bonds is 0. The zero-order valence-electron chi connectivity index (χ0n) is 10.9. The molecule has 48 valence electrons. The van der Waals surface area contributed by atoms with Gasteiger partial charge in [-0.05, 0) is 0 Å². The summed E-state index contributed by atoms with van der Waals surface area (Å²) in [7, 11) is 0. The monoisotopic (exact) mass is 272 g/mol. The van der Waals surface area contributed by atoms with E-state index in [1.807, 2.05) is 0 Å². The minimum atomic E-state index is 0. The fourth-order valence-corrected chi connectivity index (χ4v) is 0. The SMILES string of the molecule is [Li+].[Li+].[Li+].[Li+].[Li+].[Li+].[Li+].[Li+].[O-2].[O-2].[O-2].[O-2].[O-2].[O-2].[Sn+4]. The van der Waals surface area contributed by atoms with E-state index in [1.165, 1.54) is 0 Å². The van der Waals surface area contributed by atoms with E-state index in [4.69, 9.17) is 0 Å². The topological polar surface area (TPSA) is 171 Å². The smallest absolute Gasteiger partial charge is 2.00 e. The number of hydrogen-bond acceptors (Lipinski definition) is 0. The molecular weight excluding hydrogens is 270 g/mol. The predicted octanol–water partition coefficient (Wildman–Crippen LogP) is -25.1. The van der Waals surface area contributed by atoms with Crippen molar-refractivity contribution in [2.75, 3.05) is 0 Å². The Morgan fingerprint density at radius 1 is 0.200 bits per heavy atom. The quantitative estimate of drug-likeness (QED) is 0.381. The molecule has 0 aliphatic rings. The van der Waals surface area contributed by atoms with Crippen LogP contribution in [0.4, 0.5) is 0 Å². The molecule has 0 saturated carbocycles. The van der Waals surface area contributed by atoms with Gasteiger partial charge < -0.3 is 32.9 Å². The summed E-state index contributed by atoms with van der Waals surface area (Å²) in [6.07, 6.45) is 0. The Labute approximate surface area is 204 Å². The summed E-state index contributed by atoms with van der Waals surface area (Å²) >= 11 is 0. The third-order valence-corrected chi connectivity index (χ3v) is 0. The maximum absolute atomic E-state index is 0. The van der Waals surface area contributed by atoms with Gasteiger partial charge in [0.2, 0.25) is 0 Å². The zero-order chi connectivity index (χ0) is 0. The molecule has 0 spiro atoms. The van der Waals surface area contributed by atoms with Gasteiger partial charge in [-0.2, -0.15) is 0 Å². The van der Waals surface area contributed by atoms with Crippen LogP contribution in [0.5, 0.6) is 0 Å². The van der Waals surface area contributed by atoms with Crippen molar-refractivity contribution in [3.05, 3.63) is 0 Å². The zero-order valence-corrected chi connectivity index (χ0v) is 13.8. The molecule has 6 nitrogen and oxygen atoms in total. The second kappa shape index (κ2) is 228. The van der Waals surface area contributed by atoms with Crippen LogP contribution in [0.2, 0.25) is 0 Å². The van der Waals surface area contributed by atoms with Gasteiger partial charge >= 0.3 is 175 Å². The summed E-state index contributed by atoms with van der Waals surface area (Å²) in [6, 6.07) is 0. The first-order valence-electron chi connectivity index (χ1n) is 0. The maximum Gasteiger partial charge on any atom is 4.00 e. The van der Waals surface area contributed by atoms with Gasteiger partial charge in [-0.15, -0.1) is 0 Å². The second-order valence-electron chi connectivity index (χ2n) is 0. The summed E-state index contributed by atoms with van der Waals surface area (Å²) in [4.78, 5) is 0. The van der Waals surface area contributed by atoms with E-state index >= 15 is 0 Å². The van der Waals surface area contributed by atoms with Crippen molar-refractivity contribution in [2.24, 2.45) is 0 Å². The van der Waals surface area contributed by atoms with E-state index in [-0.39, 0.29) is 208 Å². The largest absolute Gasteiger partial charge is 4.00 e. The Balaban J connectivity index is 0. The average Bonchev–Trinajstić information content (AvgIpc) is 0. The van der Waals surface area contributed by atoms with Crippen molar-refractivity contribution in [3.63, 3.8) is 0 Å². The van der Waals surface area contributed by atoms with Gasteiger partial charge in [0.1, 0.15) is 0 Å². The summed E-state index contributed by atoms with van der Waals surface area (Å²) in [6.45, 7) is 0. The minimum absolute atomic E-state index is 0. The van der Waals surface area contributed by atoms with Crippen LogP contribution >= 0.6 is 0 Å². The average molecular weight is 270 g/mol. The third-order valence-electron chi connectivity index (χ3n) is 0. The molecule has 0 N–H and O–H groups in total. The first kappa shape index (κ1) is 267. The van der Waals surface area contributed by atoms with E-state index in [9.17, 15) is 0 Å². The van der Waals surface area contributed by atoms with Crippen LogP contribution < -0.4 is 151 Å². The Kier molecular flexibility index (Phi) is 4060. The van der Waals surface area contributed by atoms with E-state index in [0.717, 1.165) is 0 Å². The molecule has 0 aliphatic carbocycles. The van der Waals surface area contributed by atoms with Crippen molar-refractivity contribution in [1.29, 1.82) is 0 Å². The van der Waals surface area contributed by atoms with Crippen molar-refractivity contribution in [1.82, 2.24) is 0 Å². The molecule has 0 saturated heterocycles. The summed E-state index contributed by atoms with van der Waals surface area (Å²) in [5.74, 6) is 0. The summed E-state index contributed by atoms with van der Waals surface area (Å²) in [5, 5.41) is 0. The predicted molar refractivity (Wildman–Crippen MR) is 9.87 cm³/mol. The third kappa shape index (κ3) is 204. The molecular formula is Li8O6Sn. The Morgan fingerprint density at radius 2 is 0.200 bits per heavy atom. The molecule has 15 heteroatoms. The van der Waals surface area contributed by atoms with Crippen LogP contribution in [0, 0.1) is 0 Å². The van der Waals surface area contributed by atoms with Crippen molar-refractivity contribution in [3.8, 4) is 0 Å². The number of hydrogen-bond donors (Lipinski definition) is 0. The van der Waals surface area contributed by atoms with Crippen LogP contribution in [-0.4, -0.2) is 23.9 Å². The summed E-state index contributed by atoms with van der Waals surface area (Å²) in [5.41, 5.74) is 0. The van der Waals surface area contributed by atoms with Crippen LogP contribution in [0.25, 0.3) is 0 Å². The van der Waals surface area contributed by atoms with Gasteiger partial charge in [0.25, 0.3) is 0 Å². The molecule has 0 aromatic rings. The molecule has 0 unspecified atom stereocenters. The van der Waals surface area contributed by atoms with Crippen LogP contribution in [-0.2, 0) is 32.9 Å². The van der Waals surface area contributed by atoms with Gasteiger partial charge in [0.05, 0.1) is 0 Å². The molecule has 15 heavy (non-hydrogen) atoms. The Bertz CT molecular complexity index is 19.1. The van der Waals surface area contributed by atoms with Crippen LogP contribution in [0.3, 0.4) is 0 Å². The van der Waals surface area contributed by atoms with Gasteiger partial charge in [-0.3, -0.25) is 0 Å². The molecule has 0 heterocycles. The van der Waals surface area contributed by atoms with Gasteiger partial charge in [0.15, 0.2) is 0 Å². The van der Waals surface area contributed by atoms with E-state index in [2.05, 4.69) is 0 Å². The van der Waals surface area contributed by atoms with Gasteiger partial charge in [0, 0.05) is 0 Å². The van der Waals surface area contributed by atoms with E-state index in [1.54, 1.807) is 0 Å². The van der Waals surface area contributed by atoms with Crippen LogP contribution in [0.15, 0.2) is 0 Å². The molecule has 0 aromatic carbocycles. The minimum Gasteiger partial charge on any atom is -2.00 e. The Morgan fingerprint density at radius 3 is 0.200 bits per heavy atom. The maximum atomic E-state index is 0.